The number of nitrogens with one attached hydrogen (secondary N) is 3. The molecule has 240 valence electrons. The number of nitro benzene ring substituents is 1. The van der Waals surface area contributed by atoms with E-state index in [1.165, 1.54) is 42.5 Å². The number of hydrogen-bond donors (Lipinski definition) is 4. The highest BCUT2D eigenvalue weighted by atomic mass is 35.5. The molecule has 5 N–H and O–H groups in total. The summed E-state index contributed by atoms with van der Waals surface area (Å²) < 4.78 is 30.1. The predicted octanol–water partition coefficient (Wildman–Crippen LogP) is 2.64. The highest BCUT2D eigenvalue weighted by Gasteiger charge is 2.31. The SMILES string of the molecule is Cl.N=C(N)N1CCC[C@H](CNC(=O)[C@@H](Cc2ccc([N+](=O)[O-])cc2)NS(=O)(=O)c2ccccc2C(=O)N2CCCCCC2)C1. The summed E-state index contributed by atoms with van der Waals surface area (Å²) in [6, 6.07) is 10.3. The van der Waals surface area contributed by atoms with Crippen LogP contribution in [0.3, 0.4) is 0 Å². The molecule has 2 aliphatic rings. The molecule has 0 aliphatic carbocycles. The second kappa shape index (κ2) is 15.8. The zero-order valence-electron chi connectivity index (χ0n) is 24.4. The van der Waals surface area contributed by atoms with Crippen LogP contribution in [0.15, 0.2) is 53.4 Å². The molecule has 2 aromatic rings. The summed E-state index contributed by atoms with van der Waals surface area (Å²) in [6.07, 6.45) is 5.27. The van der Waals surface area contributed by atoms with E-state index in [9.17, 15) is 28.1 Å². The second-order valence-electron chi connectivity index (χ2n) is 11.1. The molecule has 4 rings (SSSR count). The van der Waals surface area contributed by atoms with Crippen LogP contribution in [-0.4, -0.2) is 79.7 Å². The maximum atomic E-state index is 13.8. The predicted molar refractivity (Wildman–Crippen MR) is 168 cm³/mol. The minimum atomic E-state index is -4.35. The summed E-state index contributed by atoms with van der Waals surface area (Å²) in [5.41, 5.74) is 6.07. The summed E-state index contributed by atoms with van der Waals surface area (Å²) >= 11 is 0. The van der Waals surface area contributed by atoms with Gasteiger partial charge in [-0.15, -0.1) is 12.4 Å². The number of non-ortho nitro benzene ring substituents is 1. The molecule has 2 amide bonds. The first kappa shape index (κ1) is 34.7. The smallest absolute Gasteiger partial charge is 0.269 e. The lowest BCUT2D eigenvalue weighted by molar-refractivity contribution is -0.384. The van der Waals surface area contributed by atoms with Crippen LogP contribution in [0.25, 0.3) is 0 Å². The Hall–Kier alpha value is -3.75. The highest BCUT2D eigenvalue weighted by molar-refractivity contribution is 7.89. The van der Waals surface area contributed by atoms with Crippen LogP contribution >= 0.6 is 12.4 Å². The molecule has 0 aromatic heterocycles. The van der Waals surface area contributed by atoms with Crippen molar-refractivity contribution in [2.24, 2.45) is 11.7 Å². The number of guanidine groups is 1. The van der Waals surface area contributed by atoms with Gasteiger partial charge in [-0.05, 0) is 55.7 Å². The van der Waals surface area contributed by atoms with E-state index in [4.69, 9.17) is 11.1 Å². The molecular formula is C29H40ClN7O6S. The number of nitro groups is 1. The van der Waals surface area contributed by atoms with Crippen molar-refractivity contribution < 1.29 is 22.9 Å². The molecule has 2 saturated heterocycles. The van der Waals surface area contributed by atoms with Crippen molar-refractivity contribution in [3.8, 4) is 0 Å². The summed E-state index contributed by atoms with van der Waals surface area (Å²) in [4.78, 5) is 40.7. The van der Waals surface area contributed by atoms with E-state index in [0.717, 1.165) is 38.5 Å². The molecule has 0 bridgehead atoms. The van der Waals surface area contributed by atoms with Crippen LogP contribution in [0.5, 0.6) is 0 Å². The normalized spacial score (nSPS) is 18.0. The Kier molecular flexibility index (Phi) is 12.5. The van der Waals surface area contributed by atoms with Gasteiger partial charge in [0, 0.05) is 44.9 Å². The third kappa shape index (κ3) is 9.13. The number of amides is 2. The van der Waals surface area contributed by atoms with E-state index in [0.29, 0.717) is 31.7 Å². The van der Waals surface area contributed by atoms with Crippen molar-refractivity contribution in [3.63, 3.8) is 0 Å². The number of halogens is 1. The number of likely N-dealkylation sites (tertiary alicyclic amines) is 2. The van der Waals surface area contributed by atoms with Crippen molar-refractivity contribution in [2.75, 3.05) is 32.7 Å². The van der Waals surface area contributed by atoms with Crippen molar-refractivity contribution in [3.05, 3.63) is 69.8 Å². The van der Waals surface area contributed by atoms with Gasteiger partial charge in [0.05, 0.1) is 15.4 Å². The van der Waals surface area contributed by atoms with E-state index in [1.54, 1.807) is 15.9 Å². The fourth-order valence-corrected chi connectivity index (χ4v) is 6.96. The molecule has 0 radical (unpaired) electrons. The third-order valence-corrected chi connectivity index (χ3v) is 9.46. The summed E-state index contributed by atoms with van der Waals surface area (Å²) in [6.45, 7) is 2.52. The minimum Gasteiger partial charge on any atom is -0.370 e. The third-order valence-electron chi connectivity index (χ3n) is 7.93. The van der Waals surface area contributed by atoms with Gasteiger partial charge in [0.25, 0.3) is 11.6 Å². The van der Waals surface area contributed by atoms with E-state index < -0.39 is 26.9 Å². The number of nitrogens with two attached hydrogens (primary N) is 1. The Morgan fingerprint density at radius 2 is 1.64 bits per heavy atom. The molecule has 0 saturated carbocycles. The Labute approximate surface area is 263 Å². The lowest BCUT2D eigenvalue weighted by atomic mass is 9.98. The van der Waals surface area contributed by atoms with Gasteiger partial charge in [0.1, 0.15) is 6.04 Å². The largest absolute Gasteiger partial charge is 0.370 e. The Morgan fingerprint density at radius 1 is 1.00 bits per heavy atom. The lowest BCUT2D eigenvalue weighted by Crippen LogP contribution is -2.51. The van der Waals surface area contributed by atoms with Crippen molar-refractivity contribution in [1.82, 2.24) is 19.8 Å². The van der Waals surface area contributed by atoms with Gasteiger partial charge in [-0.25, -0.2) is 8.42 Å². The summed E-state index contributed by atoms with van der Waals surface area (Å²) in [5.74, 6) is -0.955. The van der Waals surface area contributed by atoms with E-state index in [-0.39, 0.29) is 59.3 Å². The van der Waals surface area contributed by atoms with Crippen LogP contribution in [0.2, 0.25) is 0 Å². The lowest BCUT2D eigenvalue weighted by Gasteiger charge is -2.33. The molecule has 2 atom stereocenters. The monoisotopic (exact) mass is 649 g/mol. The maximum absolute atomic E-state index is 13.8. The zero-order valence-corrected chi connectivity index (χ0v) is 26.1. The first-order chi connectivity index (χ1) is 20.5. The average molecular weight is 650 g/mol. The van der Waals surface area contributed by atoms with Crippen molar-refractivity contribution in [1.29, 1.82) is 5.41 Å². The molecule has 15 heteroatoms. The Balaban J connectivity index is 0.00000529. The fraction of sp³-hybridized carbons (Fsp3) is 0.483. The first-order valence-electron chi connectivity index (χ1n) is 14.6. The van der Waals surface area contributed by atoms with Crippen LogP contribution in [0, 0.1) is 21.4 Å². The molecular weight excluding hydrogens is 610 g/mol. The average Bonchev–Trinajstić information content (AvgIpc) is 3.29. The van der Waals surface area contributed by atoms with Gasteiger partial charge in [0.15, 0.2) is 5.96 Å². The van der Waals surface area contributed by atoms with Crippen molar-refractivity contribution in [2.45, 2.75) is 55.9 Å². The second-order valence-corrected chi connectivity index (χ2v) is 12.8. The molecule has 2 aliphatic heterocycles. The molecule has 2 aromatic carbocycles. The van der Waals surface area contributed by atoms with Crippen LogP contribution < -0.4 is 15.8 Å². The standard InChI is InChI=1S/C29H39N7O6S.ClH/c30-29(31)35-17-7-8-22(20-35)19-32-27(37)25(18-21-11-13-23(14-12-21)36(39)40)33-43(41,42)26-10-4-3-9-24(26)28(38)34-15-5-1-2-6-16-34;/h3-4,9-14,22,25,33H,1-2,5-8,15-20H2,(H3,30,31)(H,32,37);1H/t22-,25-;/m1./s1. The number of benzene rings is 2. The molecule has 0 unspecified atom stereocenters. The van der Waals surface area contributed by atoms with Gasteiger partial charge in [-0.3, -0.25) is 25.1 Å². The van der Waals surface area contributed by atoms with Gasteiger partial charge in [-0.2, -0.15) is 4.72 Å². The quantitative estimate of drug-likeness (QED) is 0.131. The van der Waals surface area contributed by atoms with Crippen molar-refractivity contribution >= 4 is 45.9 Å². The number of nitrogens with zero attached hydrogens (tertiary/aromatic N) is 3. The number of rotatable bonds is 10. The first-order valence-corrected chi connectivity index (χ1v) is 16.0. The zero-order chi connectivity index (χ0) is 31.0. The topological polar surface area (TPSA) is 192 Å². The van der Waals surface area contributed by atoms with Crippen LogP contribution in [0.4, 0.5) is 5.69 Å². The fourth-order valence-electron chi connectivity index (χ4n) is 5.57. The molecule has 0 spiro atoms. The van der Waals surface area contributed by atoms with E-state index >= 15 is 0 Å². The van der Waals surface area contributed by atoms with Gasteiger partial charge in [0.2, 0.25) is 15.9 Å². The number of piperidine rings is 1. The number of carbonyl (C=O) groups excluding carboxylic acids is 2. The highest BCUT2D eigenvalue weighted by Crippen LogP contribution is 2.22. The Bertz CT molecular complexity index is 1430. The summed E-state index contributed by atoms with van der Waals surface area (Å²) in [7, 11) is -4.35. The molecule has 2 fully saturated rings. The van der Waals surface area contributed by atoms with Crippen LogP contribution in [0.1, 0.15) is 54.4 Å². The van der Waals surface area contributed by atoms with E-state index in [2.05, 4.69) is 10.0 Å². The van der Waals surface area contributed by atoms with Gasteiger partial charge >= 0.3 is 0 Å². The number of hydrogen-bond acceptors (Lipinski definition) is 7. The van der Waals surface area contributed by atoms with Crippen LogP contribution in [-0.2, 0) is 21.2 Å². The maximum Gasteiger partial charge on any atom is 0.269 e. The number of sulfonamides is 1. The van der Waals surface area contributed by atoms with E-state index in [1.807, 2.05) is 0 Å². The Morgan fingerprint density at radius 3 is 2.27 bits per heavy atom. The number of carbonyl (C=O) groups is 2. The molecule has 2 heterocycles. The van der Waals surface area contributed by atoms with Gasteiger partial charge in [-0.1, -0.05) is 37.1 Å². The molecule has 44 heavy (non-hydrogen) atoms. The molecule has 13 nitrogen and oxygen atoms in total. The van der Waals surface area contributed by atoms with Gasteiger partial charge < -0.3 is 20.9 Å². The summed E-state index contributed by atoms with van der Waals surface area (Å²) in [5, 5.41) is 21.7. The minimum absolute atomic E-state index is 0.